The zero-order valence-corrected chi connectivity index (χ0v) is 16.8. The van der Waals surface area contributed by atoms with E-state index in [1.807, 2.05) is 6.26 Å². The molecule has 0 amide bonds. The summed E-state index contributed by atoms with van der Waals surface area (Å²) in [6.07, 6.45) is 1.48. The van der Waals surface area contributed by atoms with Gasteiger partial charge in [0.15, 0.2) is 5.16 Å². The Bertz CT molecular complexity index is 844. The molecule has 1 unspecified atom stereocenters. The van der Waals surface area contributed by atoms with E-state index in [0.29, 0.717) is 10.7 Å². The first kappa shape index (κ1) is 21.7. The maximum absolute atomic E-state index is 12.8. The summed E-state index contributed by atoms with van der Waals surface area (Å²) in [6, 6.07) is 1.21. The van der Waals surface area contributed by atoms with Gasteiger partial charge in [0.25, 0.3) is 0 Å². The number of aromatic nitrogens is 4. The van der Waals surface area contributed by atoms with Crippen LogP contribution in [-0.2, 0) is 11.8 Å². The van der Waals surface area contributed by atoms with Gasteiger partial charge in [0.2, 0.25) is 11.7 Å². The zero-order valence-electron chi connectivity index (χ0n) is 16.0. The second-order valence-electron chi connectivity index (χ2n) is 6.96. The Morgan fingerprint density at radius 3 is 2.62 bits per heavy atom. The Morgan fingerprint density at radius 1 is 1.24 bits per heavy atom. The predicted molar refractivity (Wildman–Crippen MR) is 101 cm³/mol. The molecule has 1 saturated heterocycles. The lowest BCUT2D eigenvalue weighted by Crippen LogP contribution is -2.34. The van der Waals surface area contributed by atoms with E-state index in [9.17, 15) is 18.3 Å². The molecule has 1 fully saturated rings. The number of rotatable bonds is 6. The molecule has 2 aromatic rings. The van der Waals surface area contributed by atoms with Crippen molar-refractivity contribution in [3.05, 3.63) is 35.5 Å². The van der Waals surface area contributed by atoms with Crippen molar-refractivity contribution in [1.29, 1.82) is 0 Å². The minimum absolute atomic E-state index is 0.155. The molecule has 2 N–H and O–H groups in total. The van der Waals surface area contributed by atoms with Gasteiger partial charge in [-0.05, 0) is 39.1 Å². The van der Waals surface area contributed by atoms with Gasteiger partial charge in [0.1, 0.15) is 12.2 Å². The second kappa shape index (κ2) is 8.80. The molecule has 29 heavy (non-hydrogen) atoms. The Morgan fingerprint density at radius 2 is 1.97 bits per heavy atom. The summed E-state index contributed by atoms with van der Waals surface area (Å²) in [4.78, 5) is 15.5. The third-order valence-corrected chi connectivity index (χ3v) is 5.23. The van der Waals surface area contributed by atoms with Crippen molar-refractivity contribution in [3.63, 3.8) is 0 Å². The van der Waals surface area contributed by atoms with Gasteiger partial charge in [-0.15, -0.1) is 0 Å². The summed E-state index contributed by atoms with van der Waals surface area (Å²) < 4.78 is 43.7. The van der Waals surface area contributed by atoms with E-state index in [2.05, 4.69) is 25.3 Å². The van der Waals surface area contributed by atoms with Crippen molar-refractivity contribution in [2.45, 2.75) is 42.6 Å². The number of nitrogens with one attached hydrogen (secondary N) is 1. The maximum atomic E-state index is 12.8. The standard InChI is InChI=1S/C18H22F3N5O2S/c1-17(27,10-28-13-5-8-23-15(25-13)18(19,20)21)12-9-24-16(29-2)26-14(12)11-3-6-22-7-4-11/h5,8-9,11,22,27H,3-4,6-7,10H2,1-2H3. The molecule has 0 bridgehead atoms. The summed E-state index contributed by atoms with van der Waals surface area (Å²) >= 11 is 1.41. The molecule has 1 atom stereocenters. The molecule has 1 aliphatic rings. The van der Waals surface area contributed by atoms with Crippen molar-refractivity contribution in [2.75, 3.05) is 26.0 Å². The Labute approximate surface area is 170 Å². The fraction of sp³-hybridized carbons (Fsp3) is 0.556. The van der Waals surface area contributed by atoms with Crippen LogP contribution in [0.4, 0.5) is 13.2 Å². The highest BCUT2D eigenvalue weighted by molar-refractivity contribution is 7.98. The third-order valence-electron chi connectivity index (χ3n) is 4.67. The highest BCUT2D eigenvalue weighted by Gasteiger charge is 2.36. The van der Waals surface area contributed by atoms with Gasteiger partial charge in [-0.3, -0.25) is 0 Å². The van der Waals surface area contributed by atoms with Gasteiger partial charge < -0.3 is 15.2 Å². The van der Waals surface area contributed by atoms with Gasteiger partial charge >= 0.3 is 6.18 Å². The maximum Gasteiger partial charge on any atom is 0.451 e. The minimum atomic E-state index is -4.68. The number of nitrogens with zero attached hydrogens (tertiary/aromatic N) is 4. The lowest BCUT2D eigenvalue weighted by atomic mass is 9.86. The normalized spacial score (nSPS) is 17.7. The molecular formula is C18H22F3N5O2S. The van der Waals surface area contributed by atoms with Crippen LogP contribution in [0.15, 0.2) is 23.6 Å². The summed E-state index contributed by atoms with van der Waals surface area (Å²) in [6.45, 7) is 2.92. The van der Waals surface area contributed by atoms with Gasteiger partial charge in [-0.25, -0.2) is 15.0 Å². The highest BCUT2D eigenvalue weighted by atomic mass is 32.2. The first-order valence-corrected chi connectivity index (χ1v) is 10.3. The minimum Gasteiger partial charge on any atom is -0.474 e. The average molecular weight is 429 g/mol. The summed E-state index contributed by atoms with van der Waals surface area (Å²) in [5, 5.41) is 15.0. The lowest BCUT2D eigenvalue weighted by molar-refractivity contribution is -0.145. The first-order valence-electron chi connectivity index (χ1n) is 9.08. The van der Waals surface area contributed by atoms with E-state index in [4.69, 9.17) is 4.74 Å². The van der Waals surface area contributed by atoms with Crippen molar-refractivity contribution in [3.8, 4) is 5.88 Å². The van der Waals surface area contributed by atoms with E-state index in [0.717, 1.165) is 37.8 Å². The topological polar surface area (TPSA) is 93.1 Å². The molecular weight excluding hydrogens is 407 g/mol. The van der Waals surface area contributed by atoms with E-state index in [1.54, 1.807) is 6.20 Å². The van der Waals surface area contributed by atoms with Gasteiger partial charge in [-0.2, -0.15) is 18.2 Å². The van der Waals surface area contributed by atoms with Crippen LogP contribution in [0.2, 0.25) is 0 Å². The summed E-state index contributed by atoms with van der Waals surface area (Å²) in [7, 11) is 0. The smallest absolute Gasteiger partial charge is 0.451 e. The van der Waals surface area contributed by atoms with Gasteiger partial charge in [-0.1, -0.05) is 11.8 Å². The Balaban J connectivity index is 1.83. The van der Waals surface area contributed by atoms with Crippen LogP contribution >= 0.6 is 11.8 Å². The van der Waals surface area contributed by atoms with Crippen molar-refractivity contribution in [2.24, 2.45) is 0 Å². The summed E-state index contributed by atoms with van der Waals surface area (Å²) in [5.41, 5.74) is -0.258. The summed E-state index contributed by atoms with van der Waals surface area (Å²) in [5.74, 6) is -1.40. The molecule has 11 heteroatoms. The lowest BCUT2D eigenvalue weighted by Gasteiger charge is -2.30. The fourth-order valence-electron chi connectivity index (χ4n) is 3.15. The molecule has 0 saturated carbocycles. The van der Waals surface area contributed by atoms with Crippen molar-refractivity contribution < 1.29 is 23.0 Å². The van der Waals surface area contributed by atoms with Crippen molar-refractivity contribution >= 4 is 11.8 Å². The average Bonchev–Trinajstić information content (AvgIpc) is 2.72. The van der Waals surface area contributed by atoms with E-state index in [-0.39, 0.29) is 18.4 Å². The number of ether oxygens (including phenoxy) is 1. The number of hydrogen-bond acceptors (Lipinski definition) is 8. The van der Waals surface area contributed by atoms with E-state index in [1.165, 1.54) is 24.8 Å². The van der Waals surface area contributed by atoms with Crippen LogP contribution in [-0.4, -0.2) is 51.0 Å². The van der Waals surface area contributed by atoms with Gasteiger partial charge in [0.05, 0.1) is 5.69 Å². The van der Waals surface area contributed by atoms with Crippen LogP contribution in [0.25, 0.3) is 0 Å². The van der Waals surface area contributed by atoms with Crippen LogP contribution in [0.1, 0.15) is 42.8 Å². The number of piperidine rings is 1. The van der Waals surface area contributed by atoms with Crippen LogP contribution < -0.4 is 10.1 Å². The number of thioether (sulfide) groups is 1. The SMILES string of the molecule is CSc1ncc(C(C)(O)COc2ccnc(C(F)(F)F)n2)c(C2CCNCC2)n1. The van der Waals surface area contributed by atoms with E-state index >= 15 is 0 Å². The van der Waals surface area contributed by atoms with Crippen LogP contribution in [0, 0.1) is 0 Å². The molecule has 1 aliphatic heterocycles. The molecule has 3 heterocycles. The largest absolute Gasteiger partial charge is 0.474 e. The second-order valence-corrected chi connectivity index (χ2v) is 7.73. The molecule has 3 rings (SSSR count). The molecule has 158 valence electrons. The molecule has 0 aliphatic carbocycles. The number of halogens is 3. The van der Waals surface area contributed by atoms with E-state index < -0.39 is 17.6 Å². The number of hydrogen-bond donors (Lipinski definition) is 2. The van der Waals surface area contributed by atoms with Crippen LogP contribution in [0.5, 0.6) is 5.88 Å². The predicted octanol–water partition coefficient (Wildman–Crippen LogP) is 2.76. The zero-order chi connectivity index (χ0) is 21.1. The van der Waals surface area contributed by atoms with Gasteiger partial charge in [0, 0.05) is 29.9 Å². The molecule has 7 nitrogen and oxygen atoms in total. The molecule has 2 aromatic heterocycles. The number of aliphatic hydroxyl groups is 1. The quantitative estimate of drug-likeness (QED) is 0.535. The third kappa shape index (κ3) is 5.34. The highest BCUT2D eigenvalue weighted by Crippen LogP contribution is 2.34. The molecule has 0 radical (unpaired) electrons. The molecule has 0 aromatic carbocycles. The Kier molecular flexibility index (Phi) is 6.59. The van der Waals surface area contributed by atoms with Crippen molar-refractivity contribution in [1.82, 2.24) is 25.3 Å². The number of alkyl halides is 3. The Hall–Kier alpha value is -1.98. The monoisotopic (exact) mass is 429 g/mol. The first-order chi connectivity index (χ1) is 13.7. The fourth-order valence-corrected chi connectivity index (χ4v) is 3.50. The van der Waals surface area contributed by atoms with Crippen LogP contribution in [0.3, 0.4) is 0 Å². The molecule has 0 spiro atoms.